The average Bonchev–Trinajstić information content (AvgIpc) is 2.33. The van der Waals surface area contributed by atoms with Gasteiger partial charge in [-0.3, -0.25) is 0 Å². The number of hydrogen-bond donors (Lipinski definition) is 1. The zero-order valence-corrected chi connectivity index (χ0v) is 5.97. The van der Waals surface area contributed by atoms with E-state index in [2.05, 4.69) is 44.4 Å². The second-order valence-electron chi connectivity index (χ2n) is 1.33. The molecule has 0 saturated heterocycles. The smallest absolute Gasteiger partial charge is 0.150 e. The molecule has 0 spiro atoms. The summed E-state index contributed by atoms with van der Waals surface area (Å²) in [7, 11) is 0. The van der Waals surface area contributed by atoms with Crippen LogP contribution in [0, 0.1) is 0 Å². The summed E-state index contributed by atoms with van der Waals surface area (Å²) in [5.41, 5.74) is 0. The van der Waals surface area contributed by atoms with Crippen molar-refractivity contribution in [2.75, 3.05) is 0 Å². The van der Waals surface area contributed by atoms with E-state index in [9.17, 15) is 0 Å². The van der Waals surface area contributed by atoms with Gasteiger partial charge in [-0.05, 0) is 34.5 Å². The second kappa shape index (κ2) is 2.67. The van der Waals surface area contributed by atoms with E-state index in [0.717, 1.165) is 0 Å². The minimum absolute atomic E-state index is 0.556. The normalized spacial score (nSPS) is 8.00. The van der Waals surface area contributed by atoms with Crippen LogP contribution >= 0.6 is 24.4 Å². The van der Waals surface area contributed by atoms with Crippen LogP contribution in [0.15, 0.2) is 6.33 Å². The van der Waals surface area contributed by atoms with E-state index in [4.69, 9.17) is 0 Å². The molecule has 0 unspecified atom stereocenters. The maximum absolute atomic E-state index is 4.52. The number of rotatable bonds is 0. The van der Waals surface area contributed by atoms with Crippen molar-refractivity contribution in [2.24, 2.45) is 0 Å². The third kappa shape index (κ3) is 1.12. The lowest BCUT2D eigenvalue weighted by atomic mass is 10.6. The van der Waals surface area contributed by atoms with Gasteiger partial charge in [0, 0.05) is 0 Å². The highest BCUT2D eigenvalue weighted by atomic mass is 32.1. The van der Waals surface area contributed by atoms with E-state index in [0.29, 0.717) is 10.7 Å². The predicted molar refractivity (Wildman–Crippen MR) is 41.2 cm³/mol. The van der Waals surface area contributed by atoms with Crippen LogP contribution in [0.2, 0.25) is 0 Å². The first-order valence-electron chi connectivity index (χ1n) is 2.18. The number of imidazole rings is 1. The molecule has 0 aliphatic rings. The molecule has 0 amide bonds. The molecule has 0 bridgehead atoms. The maximum atomic E-state index is 4.52. The molecule has 0 fully saturated rings. The minimum atomic E-state index is 0.556. The fourth-order valence-corrected chi connectivity index (χ4v) is 0.760. The lowest BCUT2D eigenvalue weighted by Crippen LogP contribution is -2.26. The summed E-state index contributed by atoms with van der Waals surface area (Å²) in [5.74, 6) is 0. The molecule has 1 heterocycles. The van der Waals surface area contributed by atoms with Crippen molar-refractivity contribution >= 4 is 34.5 Å². The Morgan fingerprint density at radius 3 is 2.67 bits per heavy atom. The van der Waals surface area contributed by atoms with E-state index in [1.165, 1.54) is 6.33 Å². The van der Waals surface area contributed by atoms with Crippen LogP contribution in [-0.4, -0.2) is 20.0 Å². The molecule has 1 rings (SSSR count). The largest absolute Gasteiger partial charge is 0.337 e. The molecule has 2 nitrogen and oxygen atoms in total. The molecule has 0 saturated carbocycles. The Morgan fingerprint density at radius 1 is 1.44 bits per heavy atom. The van der Waals surface area contributed by atoms with Gasteiger partial charge < -0.3 is 4.98 Å². The first-order chi connectivity index (χ1) is 4.38. The van der Waals surface area contributed by atoms with Gasteiger partial charge in [-0.25, -0.2) is 4.98 Å². The average molecular weight is 154 g/mol. The summed E-state index contributed by atoms with van der Waals surface area (Å²) >= 11 is 9.03. The Hall–Kier alpha value is -0.790. The monoisotopic (exact) mass is 154 g/mol. The Kier molecular flexibility index (Phi) is 1.88. The highest BCUT2D eigenvalue weighted by Gasteiger charge is 1.80. The topological polar surface area (TPSA) is 28.7 Å². The third-order valence-electron chi connectivity index (χ3n) is 0.838. The molecule has 9 heavy (non-hydrogen) atoms. The van der Waals surface area contributed by atoms with Crippen LogP contribution in [0.5, 0.6) is 0 Å². The lowest BCUT2D eigenvalue weighted by Gasteiger charge is -1.59. The number of nitrogens with zero attached hydrogens (tertiary/aromatic N) is 1. The van der Waals surface area contributed by atoms with Crippen molar-refractivity contribution in [3.05, 3.63) is 17.0 Å². The third-order valence-corrected chi connectivity index (χ3v) is 1.24. The van der Waals surface area contributed by atoms with Crippen molar-refractivity contribution in [3.8, 4) is 0 Å². The number of aromatic nitrogens is 2. The summed E-state index contributed by atoms with van der Waals surface area (Å²) in [6, 6.07) is 0. The lowest BCUT2D eigenvalue weighted by molar-refractivity contribution is 1.29. The van der Waals surface area contributed by atoms with Gasteiger partial charge in [-0.2, -0.15) is 0 Å². The van der Waals surface area contributed by atoms with Crippen LogP contribution in [-0.2, 0) is 0 Å². The van der Waals surface area contributed by atoms with Crippen LogP contribution in [0.1, 0.15) is 0 Å². The number of hydrogen-bond acceptors (Lipinski definition) is 3. The first kappa shape index (κ1) is 6.33. The molecule has 0 aliphatic heterocycles. The van der Waals surface area contributed by atoms with Crippen LogP contribution in [0.25, 0.3) is 0 Å². The molecule has 0 aromatic carbocycles. The summed E-state index contributed by atoms with van der Waals surface area (Å²) < 4.78 is 0. The van der Waals surface area contributed by atoms with Gasteiger partial charge in [0.15, 0.2) is 5.35 Å². The molecular formula is C5H2N2S2. The number of H-pyrrole nitrogens is 1. The van der Waals surface area contributed by atoms with E-state index in [-0.39, 0.29) is 0 Å². The van der Waals surface area contributed by atoms with E-state index in [1.54, 1.807) is 0 Å². The van der Waals surface area contributed by atoms with Gasteiger partial charge in [0.2, 0.25) is 0 Å². The summed E-state index contributed by atoms with van der Waals surface area (Å²) in [6.07, 6.45) is 1.50. The second-order valence-corrected chi connectivity index (χ2v) is 1.74. The van der Waals surface area contributed by atoms with Crippen LogP contribution in [0.3, 0.4) is 0 Å². The Balaban J connectivity index is 3.92. The zero-order chi connectivity index (χ0) is 6.69. The molecular weight excluding hydrogens is 152 g/mol. The number of aromatic amines is 1. The zero-order valence-electron chi connectivity index (χ0n) is 4.34. The van der Waals surface area contributed by atoms with Crippen molar-refractivity contribution in [1.29, 1.82) is 0 Å². The Bertz CT molecular complexity index is 320. The molecule has 1 N–H and O–H groups in total. The predicted octanol–water partition coefficient (Wildman–Crippen LogP) is -1.05. The van der Waals surface area contributed by atoms with Crippen LogP contribution < -0.4 is 10.7 Å². The standard InChI is InChI=1S/C5H2N2S2/c8-1-4-5(2-9)7-3-6-4/h3H,(H,6,7). The Labute approximate surface area is 61.9 Å². The van der Waals surface area contributed by atoms with Crippen LogP contribution in [0.4, 0.5) is 0 Å². The SMILES string of the molecule is S=C=c1nc[nH]c1=C=S. The number of thiocarbonyl (C=S) groups is 2. The quantitative estimate of drug-likeness (QED) is 0.483. The van der Waals surface area contributed by atoms with Crippen molar-refractivity contribution in [3.63, 3.8) is 0 Å². The van der Waals surface area contributed by atoms with E-state index in [1.807, 2.05) is 0 Å². The molecule has 0 aliphatic carbocycles. The van der Waals surface area contributed by atoms with Crippen molar-refractivity contribution in [1.82, 2.24) is 9.97 Å². The van der Waals surface area contributed by atoms with Gasteiger partial charge >= 0.3 is 0 Å². The summed E-state index contributed by atoms with van der Waals surface area (Å²) in [4.78, 5) is 6.56. The Morgan fingerprint density at radius 2 is 2.22 bits per heavy atom. The fourth-order valence-electron chi connectivity index (χ4n) is 0.449. The summed E-state index contributed by atoms with van der Waals surface area (Å²) in [5, 5.41) is 6.08. The highest BCUT2D eigenvalue weighted by molar-refractivity contribution is 7.78. The van der Waals surface area contributed by atoms with Gasteiger partial charge in [0.25, 0.3) is 0 Å². The molecule has 0 atom stereocenters. The van der Waals surface area contributed by atoms with Crippen molar-refractivity contribution < 1.29 is 0 Å². The van der Waals surface area contributed by atoms with Gasteiger partial charge in [-0.15, -0.1) is 0 Å². The highest BCUT2D eigenvalue weighted by Crippen LogP contribution is 1.43. The maximum Gasteiger partial charge on any atom is 0.150 e. The molecule has 4 heteroatoms. The molecule has 1 aromatic rings. The van der Waals surface area contributed by atoms with Gasteiger partial charge in [0.1, 0.15) is 5.35 Å². The van der Waals surface area contributed by atoms with E-state index >= 15 is 0 Å². The number of nitrogens with one attached hydrogen (secondary N) is 1. The molecule has 1 aromatic heterocycles. The fraction of sp³-hybridized carbons (Fsp3) is 0. The first-order valence-corrected chi connectivity index (χ1v) is 3.00. The molecule has 44 valence electrons. The molecule has 0 radical (unpaired) electrons. The summed E-state index contributed by atoms with van der Waals surface area (Å²) in [6.45, 7) is 0. The van der Waals surface area contributed by atoms with Crippen molar-refractivity contribution in [2.45, 2.75) is 0 Å². The van der Waals surface area contributed by atoms with Gasteiger partial charge in [0.05, 0.1) is 6.33 Å². The minimum Gasteiger partial charge on any atom is -0.337 e. The van der Waals surface area contributed by atoms with E-state index < -0.39 is 0 Å². The van der Waals surface area contributed by atoms with Gasteiger partial charge in [-0.1, -0.05) is 0 Å².